The van der Waals surface area contributed by atoms with Crippen molar-refractivity contribution in [2.45, 2.75) is 13.0 Å². The van der Waals surface area contributed by atoms with Crippen molar-refractivity contribution in [3.05, 3.63) is 77.3 Å². The van der Waals surface area contributed by atoms with Crippen LogP contribution >= 0.6 is 11.6 Å². The number of aromatic nitrogens is 1. The summed E-state index contributed by atoms with van der Waals surface area (Å²) in [6.07, 6.45) is 1.81. The van der Waals surface area contributed by atoms with E-state index in [4.69, 9.17) is 20.8 Å². The monoisotopic (exact) mass is 327 g/mol. The Hall–Kier alpha value is -2.59. The highest BCUT2D eigenvalue weighted by Gasteiger charge is 2.10. The van der Waals surface area contributed by atoms with E-state index in [0.717, 1.165) is 11.1 Å². The molecule has 3 aromatic rings. The van der Waals surface area contributed by atoms with Crippen LogP contribution in [0.15, 0.2) is 65.2 Å². The third-order valence-corrected chi connectivity index (χ3v) is 3.48. The van der Waals surface area contributed by atoms with Gasteiger partial charge in [-0.25, -0.2) is 4.98 Å². The molecule has 0 saturated carbocycles. The van der Waals surface area contributed by atoms with Crippen LogP contribution in [0.3, 0.4) is 0 Å². The molecule has 2 aromatic carbocycles. The van der Waals surface area contributed by atoms with Gasteiger partial charge < -0.3 is 9.15 Å². The van der Waals surface area contributed by atoms with E-state index in [0.29, 0.717) is 16.7 Å². The Morgan fingerprint density at radius 2 is 1.83 bits per heavy atom. The molecule has 23 heavy (non-hydrogen) atoms. The Kier molecular flexibility index (Phi) is 4.74. The molecule has 0 spiro atoms. The van der Waals surface area contributed by atoms with Crippen molar-refractivity contribution in [3.8, 4) is 11.3 Å². The van der Waals surface area contributed by atoms with Crippen LogP contribution in [0.4, 0.5) is 0 Å². The predicted molar refractivity (Wildman–Crippen MR) is 86.9 cm³/mol. The summed E-state index contributed by atoms with van der Waals surface area (Å²) in [6.45, 7) is 0.0132. The zero-order valence-electron chi connectivity index (χ0n) is 12.2. The average Bonchev–Trinajstić information content (AvgIpc) is 3.05. The third-order valence-electron chi connectivity index (χ3n) is 3.23. The lowest BCUT2D eigenvalue weighted by Gasteiger charge is -2.03. The summed E-state index contributed by atoms with van der Waals surface area (Å²) in [5.74, 6) is 0.675. The predicted octanol–water partition coefficient (Wildman–Crippen LogP) is 4.28. The van der Waals surface area contributed by atoms with E-state index < -0.39 is 0 Å². The molecule has 3 rings (SSSR count). The normalized spacial score (nSPS) is 10.5. The van der Waals surface area contributed by atoms with Gasteiger partial charge in [0, 0.05) is 10.6 Å². The number of esters is 1. The van der Waals surface area contributed by atoms with Crippen molar-refractivity contribution >= 4 is 17.6 Å². The molecular weight excluding hydrogens is 314 g/mol. The molecule has 116 valence electrons. The van der Waals surface area contributed by atoms with Gasteiger partial charge in [-0.3, -0.25) is 4.79 Å². The van der Waals surface area contributed by atoms with E-state index in [2.05, 4.69) is 4.98 Å². The first-order valence-electron chi connectivity index (χ1n) is 7.11. The molecule has 1 aromatic heterocycles. The minimum absolute atomic E-state index is 0.0132. The summed E-state index contributed by atoms with van der Waals surface area (Å²) in [5, 5.41) is 0.635. The van der Waals surface area contributed by atoms with Crippen molar-refractivity contribution in [1.29, 1.82) is 0 Å². The highest BCUT2D eigenvalue weighted by Crippen LogP contribution is 2.20. The van der Waals surface area contributed by atoms with E-state index in [1.807, 2.05) is 30.3 Å². The van der Waals surface area contributed by atoms with Crippen molar-refractivity contribution in [1.82, 2.24) is 4.98 Å². The van der Waals surface area contributed by atoms with Gasteiger partial charge in [0.2, 0.25) is 5.89 Å². The van der Waals surface area contributed by atoms with Crippen LogP contribution in [0, 0.1) is 0 Å². The van der Waals surface area contributed by atoms with E-state index in [1.54, 1.807) is 30.5 Å². The molecule has 0 fully saturated rings. The fraction of sp³-hybridized carbons (Fsp3) is 0.111. The minimum Gasteiger partial charge on any atom is -0.455 e. The number of benzene rings is 2. The summed E-state index contributed by atoms with van der Waals surface area (Å²) < 4.78 is 10.8. The summed E-state index contributed by atoms with van der Waals surface area (Å²) >= 11 is 5.81. The van der Waals surface area contributed by atoms with Gasteiger partial charge in [0.05, 0.1) is 12.6 Å². The van der Waals surface area contributed by atoms with Crippen molar-refractivity contribution in [2.24, 2.45) is 0 Å². The van der Waals surface area contributed by atoms with Gasteiger partial charge in [0.1, 0.15) is 0 Å². The largest absolute Gasteiger partial charge is 0.455 e. The van der Waals surface area contributed by atoms with E-state index in [9.17, 15) is 4.79 Å². The second-order valence-electron chi connectivity index (χ2n) is 4.95. The van der Waals surface area contributed by atoms with Crippen molar-refractivity contribution in [2.75, 3.05) is 0 Å². The molecule has 0 unspecified atom stereocenters. The number of oxazole rings is 1. The standard InChI is InChI=1S/C18H14ClNO3/c19-15-8-6-13(7-9-15)10-18(21)22-12-17-20-11-16(23-17)14-4-2-1-3-5-14/h1-9,11H,10,12H2. The molecule has 0 aliphatic carbocycles. The fourth-order valence-electron chi connectivity index (χ4n) is 2.08. The Labute approximate surface area is 138 Å². The lowest BCUT2D eigenvalue weighted by atomic mass is 10.2. The molecule has 4 nitrogen and oxygen atoms in total. The molecule has 0 amide bonds. The molecule has 5 heteroatoms. The minimum atomic E-state index is -0.341. The molecule has 0 N–H and O–H groups in total. The zero-order chi connectivity index (χ0) is 16.1. The molecule has 0 bridgehead atoms. The number of hydrogen-bond acceptors (Lipinski definition) is 4. The lowest BCUT2D eigenvalue weighted by molar-refractivity contribution is -0.144. The summed E-state index contributed by atoms with van der Waals surface area (Å²) in [5.41, 5.74) is 1.77. The molecule has 1 heterocycles. The van der Waals surface area contributed by atoms with Crippen LogP contribution in [0.2, 0.25) is 5.02 Å². The van der Waals surface area contributed by atoms with E-state index in [1.165, 1.54) is 0 Å². The molecule has 0 atom stereocenters. The number of hydrogen-bond donors (Lipinski definition) is 0. The van der Waals surface area contributed by atoms with Crippen molar-refractivity contribution < 1.29 is 13.9 Å². The Morgan fingerprint density at radius 1 is 1.09 bits per heavy atom. The van der Waals surface area contributed by atoms with Gasteiger partial charge in [-0.05, 0) is 17.7 Å². The Morgan fingerprint density at radius 3 is 2.57 bits per heavy atom. The molecular formula is C18H14ClNO3. The van der Waals surface area contributed by atoms with Crippen LogP contribution < -0.4 is 0 Å². The van der Waals surface area contributed by atoms with E-state index >= 15 is 0 Å². The lowest BCUT2D eigenvalue weighted by Crippen LogP contribution is -2.08. The van der Waals surface area contributed by atoms with Gasteiger partial charge in [-0.1, -0.05) is 54.1 Å². The van der Waals surface area contributed by atoms with Gasteiger partial charge in [-0.2, -0.15) is 0 Å². The van der Waals surface area contributed by atoms with Gasteiger partial charge in [-0.15, -0.1) is 0 Å². The van der Waals surface area contributed by atoms with Crippen LogP contribution in [0.5, 0.6) is 0 Å². The number of carbonyl (C=O) groups excluding carboxylic acids is 1. The zero-order valence-corrected chi connectivity index (χ0v) is 13.0. The fourth-order valence-corrected chi connectivity index (χ4v) is 2.20. The quantitative estimate of drug-likeness (QED) is 0.656. The van der Waals surface area contributed by atoms with E-state index in [-0.39, 0.29) is 19.0 Å². The first-order chi connectivity index (χ1) is 11.2. The molecule has 0 saturated heterocycles. The second kappa shape index (κ2) is 7.11. The SMILES string of the molecule is O=C(Cc1ccc(Cl)cc1)OCc1ncc(-c2ccccc2)o1. The number of nitrogens with zero attached hydrogens (tertiary/aromatic N) is 1. The summed E-state index contributed by atoms with van der Waals surface area (Å²) in [7, 11) is 0. The first kappa shape index (κ1) is 15.3. The van der Waals surface area contributed by atoms with Crippen LogP contribution in [-0.4, -0.2) is 11.0 Å². The van der Waals surface area contributed by atoms with Crippen molar-refractivity contribution in [3.63, 3.8) is 0 Å². The second-order valence-corrected chi connectivity index (χ2v) is 5.38. The molecule has 0 aliphatic rings. The molecule has 0 aliphatic heterocycles. The Balaban J connectivity index is 1.55. The topological polar surface area (TPSA) is 52.3 Å². The van der Waals surface area contributed by atoms with Gasteiger partial charge in [0.25, 0.3) is 0 Å². The van der Waals surface area contributed by atoms with Gasteiger partial charge in [0.15, 0.2) is 12.4 Å². The highest BCUT2D eigenvalue weighted by atomic mass is 35.5. The number of halogens is 1. The van der Waals surface area contributed by atoms with Crippen LogP contribution in [0.1, 0.15) is 11.5 Å². The molecule has 0 radical (unpaired) electrons. The average molecular weight is 328 g/mol. The van der Waals surface area contributed by atoms with Crippen LogP contribution in [-0.2, 0) is 22.6 Å². The number of rotatable bonds is 5. The Bertz CT molecular complexity index is 782. The maximum absolute atomic E-state index is 11.8. The van der Waals surface area contributed by atoms with Crippen LogP contribution in [0.25, 0.3) is 11.3 Å². The summed E-state index contributed by atoms with van der Waals surface area (Å²) in [4.78, 5) is 15.9. The smallest absolute Gasteiger partial charge is 0.310 e. The maximum atomic E-state index is 11.8. The summed E-state index contributed by atoms with van der Waals surface area (Å²) in [6, 6.07) is 16.7. The highest BCUT2D eigenvalue weighted by molar-refractivity contribution is 6.30. The number of carbonyl (C=O) groups is 1. The third kappa shape index (κ3) is 4.20. The first-order valence-corrected chi connectivity index (χ1v) is 7.49. The van der Waals surface area contributed by atoms with Gasteiger partial charge >= 0.3 is 5.97 Å². The maximum Gasteiger partial charge on any atom is 0.310 e. The number of ether oxygens (including phenoxy) is 1.